The summed E-state index contributed by atoms with van der Waals surface area (Å²) in [5.41, 5.74) is -0.457. The van der Waals surface area contributed by atoms with E-state index in [0.717, 1.165) is 19.2 Å². The Morgan fingerprint density at radius 1 is 1.17 bits per heavy atom. The fourth-order valence-electron chi connectivity index (χ4n) is 1.85. The van der Waals surface area contributed by atoms with Gasteiger partial charge in [-0.3, -0.25) is 14.9 Å². The van der Waals surface area contributed by atoms with E-state index in [1.807, 2.05) is 0 Å². The summed E-state index contributed by atoms with van der Waals surface area (Å²) in [5, 5.41) is 11.0. The summed E-state index contributed by atoms with van der Waals surface area (Å²) in [4.78, 5) is 35.5. The van der Waals surface area contributed by atoms with Gasteiger partial charge in [0.1, 0.15) is 0 Å². The van der Waals surface area contributed by atoms with Gasteiger partial charge >= 0.3 is 5.97 Å². The van der Waals surface area contributed by atoms with E-state index in [1.54, 1.807) is 0 Å². The van der Waals surface area contributed by atoms with E-state index in [9.17, 15) is 19.7 Å². The van der Waals surface area contributed by atoms with Crippen LogP contribution in [0.15, 0.2) is 18.2 Å². The molecule has 1 rings (SSSR count). The molecule has 9 nitrogen and oxygen atoms in total. The number of esters is 1. The lowest BCUT2D eigenvalue weighted by atomic mass is 10.1. The number of nitrogens with zero attached hydrogens (tertiary/aromatic N) is 2. The SMILES string of the molecule is COC(=O)c1cc(C(=O)N(C)CC(OC)OC)cc([N+](=O)[O-])c1. The summed E-state index contributed by atoms with van der Waals surface area (Å²) in [7, 11) is 5.49. The summed E-state index contributed by atoms with van der Waals surface area (Å²) in [5.74, 6) is -1.28. The molecule has 0 aliphatic carbocycles. The molecule has 0 saturated carbocycles. The zero-order valence-corrected chi connectivity index (χ0v) is 13.3. The summed E-state index contributed by atoms with van der Waals surface area (Å²) < 4.78 is 14.5. The third-order valence-electron chi connectivity index (χ3n) is 3.09. The molecule has 23 heavy (non-hydrogen) atoms. The van der Waals surface area contributed by atoms with Crippen molar-refractivity contribution in [2.24, 2.45) is 0 Å². The fourth-order valence-corrected chi connectivity index (χ4v) is 1.85. The summed E-state index contributed by atoms with van der Waals surface area (Å²) in [6.45, 7) is 0.113. The Morgan fingerprint density at radius 2 is 1.74 bits per heavy atom. The standard InChI is InChI=1S/C14H18N2O7/c1-15(8-12(21-2)22-3)13(17)9-5-10(14(18)23-4)7-11(6-9)16(19)20/h5-7,12H,8H2,1-4H3. The molecule has 0 unspecified atom stereocenters. The topological polar surface area (TPSA) is 108 Å². The minimum absolute atomic E-state index is 0.00643. The van der Waals surface area contributed by atoms with Gasteiger partial charge in [-0.2, -0.15) is 0 Å². The van der Waals surface area contributed by atoms with Gasteiger partial charge in [0.15, 0.2) is 6.29 Å². The molecule has 1 aromatic carbocycles. The molecule has 0 saturated heterocycles. The maximum absolute atomic E-state index is 12.4. The van der Waals surface area contributed by atoms with Crippen LogP contribution in [0.1, 0.15) is 20.7 Å². The number of carbonyl (C=O) groups excluding carboxylic acids is 2. The van der Waals surface area contributed by atoms with Crippen molar-refractivity contribution in [2.45, 2.75) is 6.29 Å². The molecule has 0 aliphatic rings. The Labute approximate surface area is 132 Å². The van der Waals surface area contributed by atoms with Gasteiger partial charge in [0.2, 0.25) is 0 Å². The molecule has 0 heterocycles. The number of methoxy groups -OCH3 is 3. The smallest absolute Gasteiger partial charge is 0.338 e. The zero-order valence-electron chi connectivity index (χ0n) is 13.3. The fraction of sp³-hybridized carbons (Fsp3) is 0.429. The highest BCUT2D eigenvalue weighted by atomic mass is 16.7. The number of nitro groups is 1. The highest BCUT2D eigenvalue weighted by Crippen LogP contribution is 2.19. The number of likely N-dealkylation sites (N-methyl/N-ethyl adjacent to an activating group) is 1. The number of amides is 1. The first-order valence-electron chi connectivity index (χ1n) is 6.52. The van der Waals surface area contributed by atoms with Gasteiger partial charge in [0.25, 0.3) is 11.6 Å². The molecule has 0 fully saturated rings. The van der Waals surface area contributed by atoms with E-state index in [0.29, 0.717) is 0 Å². The van der Waals surface area contributed by atoms with Crippen LogP contribution in [0.5, 0.6) is 0 Å². The van der Waals surface area contributed by atoms with E-state index >= 15 is 0 Å². The van der Waals surface area contributed by atoms with Crippen LogP contribution in [0.3, 0.4) is 0 Å². The van der Waals surface area contributed by atoms with Crippen LogP contribution in [-0.4, -0.2) is 62.9 Å². The predicted molar refractivity (Wildman–Crippen MR) is 79.2 cm³/mol. The van der Waals surface area contributed by atoms with Gasteiger partial charge in [-0.05, 0) is 6.07 Å². The molecule has 0 aliphatic heterocycles. The van der Waals surface area contributed by atoms with Gasteiger partial charge < -0.3 is 19.1 Å². The van der Waals surface area contributed by atoms with Crippen LogP contribution in [0.4, 0.5) is 5.69 Å². The Balaban J connectivity index is 3.14. The largest absolute Gasteiger partial charge is 0.465 e. The average molecular weight is 326 g/mol. The van der Waals surface area contributed by atoms with Crippen molar-refractivity contribution in [3.63, 3.8) is 0 Å². The van der Waals surface area contributed by atoms with Gasteiger partial charge in [-0.25, -0.2) is 4.79 Å². The Kier molecular flexibility index (Phi) is 6.61. The zero-order chi connectivity index (χ0) is 17.6. The molecule has 0 N–H and O–H groups in total. The second-order valence-electron chi connectivity index (χ2n) is 4.60. The molecule has 126 valence electrons. The third-order valence-corrected chi connectivity index (χ3v) is 3.09. The second-order valence-corrected chi connectivity index (χ2v) is 4.60. The van der Waals surface area contributed by atoms with E-state index in [4.69, 9.17) is 9.47 Å². The summed E-state index contributed by atoms with van der Waals surface area (Å²) in [6.07, 6.45) is -0.636. The predicted octanol–water partition coefficient (Wildman–Crippen LogP) is 1.07. The highest BCUT2D eigenvalue weighted by Gasteiger charge is 2.22. The van der Waals surface area contributed by atoms with Crippen LogP contribution in [0.2, 0.25) is 0 Å². The number of hydrogen-bond donors (Lipinski definition) is 0. The minimum Gasteiger partial charge on any atom is -0.465 e. The molecule has 1 aromatic rings. The van der Waals surface area contributed by atoms with Crippen LogP contribution in [-0.2, 0) is 14.2 Å². The van der Waals surface area contributed by atoms with Crippen LogP contribution in [0, 0.1) is 10.1 Å². The average Bonchev–Trinajstić information content (AvgIpc) is 2.57. The Bertz CT molecular complexity index is 599. The first-order valence-corrected chi connectivity index (χ1v) is 6.52. The number of ether oxygens (including phenoxy) is 3. The number of nitro benzene ring substituents is 1. The molecule has 0 spiro atoms. The molecule has 0 bridgehead atoms. The van der Waals surface area contributed by atoms with Crippen molar-refractivity contribution in [3.8, 4) is 0 Å². The van der Waals surface area contributed by atoms with Gasteiger partial charge in [0, 0.05) is 39.0 Å². The van der Waals surface area contributed by atoms with Crippen LogP contribution in [0.25, 0.3) is 0 Å². The number of hydrogen-bond acceptors (Lipinski definition) is 7. The van der Waals surface area contributed by atoms with Crippen molar-refractivity contribution in [1.82, 2.24) is 4.90 Å². The molecule has 0 atom stereocenters. The Hall–Kier alpha value is -2.52. The molecule has 0 aromatic heterocycles. The molecular formula is C14H18N2O7. The monoisotopic (exact) mass is 326 g/mol. The van der Waals surface area contributed by atoms with Crippen molar-refractivity contribution in [3.05, 3.63) is 39.4 Å². The number of carbonyl (C=O) groups is 2. The van der Waals surface area contributed by atoms with Gasteiger partial charge in [-0.1, -0.05) is 0 Å². The Morgan fingerprint density at radius 3 is 2.22 bits per heavy atom. The van der Waals surface area contributed by atoms with Crippen LogP contribution >= 0.6 is 0 Å². The van der Waals surface area contributed by atoms with Gasteiger partial charge in [-0.15, -0.1) is 0 Å². The number of rotatable bonds is 7. The number of non-ortho nitro benzene ring substituents is 1. The first-order chi connectivity index (χ1) is 10.8. The van der Waals surface area contributed by atoms with Gasteiger partial charge in [0.05, 0.1) is 24.1 Å². The quantitative estimate of drug-likeness (QED) is 0.319. The van der Waals surface area contributed by atoms with Crippen LogP contribution < -0.4 is 0 Å². The maximum Gasteiger partial charge on any atom is 0.338 e. The maximum atomic E-state index is 12.4. The van der Waals surface area contributed by atoms with E-state index in [1.165, 1.54) is 32.2 Å². The molecular weight excluding hydrogens is 308 g/mol. The van der Waals surface area contributed by atoms with E-state index in [2.05, 4.69) is 4.74 Å². The summed E-state index contributed by atoms with van der Waals surface area (Å²) >= 11 is 0. The van der Waals surface area contributed by atoms with Crippen molar-refractivity contribution in [1.29, 1.82) is 0 Å². The normalized spacial score (nSPS) is 10.5. The molecule has 1 amide bonds. The lowest BCUT2D eigenvalue weighted by Crippen LogP contribution is -2.36. The molecule has 9 heteroatoms. The van der Waals surface area contributed by atoms with Crippen molar-refractivity contribution in [2.75, 3.05) is 34.9 Å². The lowest BCUT2D eigenvalue weighted by molar-refractivity contribution is -0.384. The highest BCUT2D eigenvalue weighted by molar-refractivity contribution is 5.98. The van der Waals surface area contributed by atoms with E-state index < -0.39 is 23.1 Å². The first kappa shape index (κ1) is 18.5. The van der Waals surface area contributed by atoms with Crippen molar-refractivity contribution >= 4 is 17.6 Å². The lowest BCUT2D eigenvalue weighted by Gasteiger charge is -2.22. The minimum atomic E-state index is -0.767. The van der Waals surface area contributed by atoms with E-state index in [-0.39, 0.29) is 23.4 Å². The second kappa shape index (κ2) is 8.20. The molecule has 0 radical (unpaired) electrons. The third kappa shape index (κ3) is 4.73. The number of benzene rings is 1. The summed E-state index contributed by atoms with van der Waals surface area (Å²) in [6, 6.07) is 3.39. The van der Waals surface area contributed by atoms with Crippen molar-refractivity contribution < 1.29 is 28.7 Å².